The van der Waals surface area contributed by atoms with Crippen LogP contribution in [0.5, 0.6) is 0 Å². The van der Waals surface area contributed by atoms with Crippen molar-refractivity contribution >= 4 is 17.5 Å². The van der Waals surface area contributed by atoms with Crippen molar-refractivity contribution in [2.45, 2.75) is 39.2 Å². The summed E-state index contributed by atoms with van der Waals surface area (Å²) in [6, 6.07) is 8.16. The van der Waals surface area contributed by atoms with E-state index in [1.807, 2.05) is 43.1 Å². The summed E-state index contributed by atoms with van der Waals surface area (Å²) in [6.07, 6.45) is 2.58. The number of amides is 2. The predicted molar refractivity (Wildman–Crippen MR) is 104 cm³/mol. The molecule has 2 aliphatic heterocycles. The van der Waals surface area contributed by atoms with Gasteiger partial charge in [-0.05, 0) is 64.9 Å². The molecule has 3 rings (SSSR count). The van der Waals surface area contributed by atoms with Gasteiger partial charge in [-0.15, -0.1) is 0 Å². The number of hydrogen-bond acceptors (Lipinski definition) is 3. The molecule has 2 saturated heterocycles. The number of benzene rings is 1. The standard InChI is InChI=1S/C21H31N3O2/c1-15-5-7-19(8-6-15)24-14-18(13-20(24)25)21(26)23(4)16(2)17-9-11-22(3)12-10-17/h5-8,16-18H,9-14H2,1-4H3/t16-,18+/m1/s1. The van der Waals surface area contributed by atoms with Crippen LogP contribution in [0.1, 0.15) is 31.7 Å². The molecule has 2 amide bonds. The lowest BCUT2D eigenvalue weighted by Crippen LogP contribution is -2.46. The van der Waals surface area contributed by atoms with Crippen LogP contribution in [0.4, 0.5) is 5.69 Å². The molecule has 5 nitrogen and oxygen atoms in total. The third-order valence-corrected chi connectivity index (χ3v) is 6.22. The van der Waals surface area contributed by atoms with Gasteiger partial charge in [-0.1, -0.05) is 17.7 Å². The number of likely N-dealkylation sites (tertiary alicyclic amines) is 1. The quantitative estimate of drug-likeness (QED) is 0.832. The number of rotatable bonds is 4. The molecule has 0 bridgehead atoms. The van der Waals surface area contributed by atoms with E-state index < -0.39 is 0 Å². The van der Waals surface area contributed by atoms with Gasteiger partial charge in [0, 0.05) is 31.7 Å². The van der Waals surface area contributed by atoms with E-state index in [0.717, 1.165) is 31.6 Å². The molecule has 0 aromatic heterocycles. The van der Waals surface area contributed by atoms with E-state index in [-0.39, 0.29) is 23.8 Å². The smallest absolute Gasteiger partial charge is 0.228 e. The Kier molecular flexibility index (Phi) is 5.66. The Morgan fingerprint density at radius 2 is 1.81 bits per heavy atom. The third-order valence-electron chi connectivity index (χ3n) is 6.22. The van der Waals surface area contributed by atoms with Gasteiger partial charge in [0.15, 0.2) is 0 Å². The van der Waals surface area contributed by atoms with E-state index in [2.05, 4.69) is 18.9 Å². The van der Waals surface area contributed by atoms with Crippen molar-refractivity contribution in [3.63, 3.8) is 0 Å². The minimum atomic E-state index is -0.234. The Morgan fingerprint density at radius 1 is 1.19 bits per heavy atom. The Bertz CT molecular complexity index is 650. The van der Waals surface area contributed by atoms with E-state index in [0.29, 0.717) is 18.9 Å². The largest absolute Gasteiger partial charge is 0.342 e. The van der Waals surface area contributed by atoms with Crippen LogP contribution in [-0.4, -0.2) is 61.4 Å². The van der Waals surface area contributed by atoms with E-state index in [4.69, 9.17) is 0 Å². The molecule has 0 saturated carbocycles. The van der Waals surface area contributed by atoms with Crippen molar-refractivity contribution in [3.05, 3.63) is 29.8 Å². The van der Waals surface area contributed by atoms with Crippen molar-refractivity contribution in [1.82, 2.24) is 9.80 Å². The Hall–Kier alpha value is -1.88. The SMILES string of the molecule is Cc1ccc(N2C[C@@H](C(=O)N(C)[C@H](C)C3CCN(C)CC3)CC2=O)cc1. The second kappa shape index (κ2) is 7.78. The Morgan fingerprint density at radius 3 is 2.42 bits per heavy atom. The maximum atomic E-state index is 13.0. The van der Waals surface area contributed by atoms with E-state index in [1.54, 1.807) is 4.90 Å². The van der Waals surface area contributed by atoms with Crippen LogP contribution in [0, 0.1) is 18.8 Å². The molecule has 1 aromatic carbocycles. The number of carbonyl (C=O) groups is 2. The first kappa shape index (κ1) is 18.9. The first-order valence-corrected chi connectivity index (χ1v) is 9.69. The van der Waals surface area contributed by atoms with Gasteiger partial charge in [-0.2, -0.15) is 0 Å². The summed E-state index contributed by atoms with van der Waals surface area (Å²) in [7, 11) is 4.06. The summed E-state index contributed by atoms with van der Waals surface area (Å²) >= 11 is 0. The Balaban J connectivity index is 1.62. The molecule has 0 unspecified atom stereocenters. The fourth-order valence-electron chi connectivity index (χ4n) is 4.16. The first-order valence-electron chi connectivity index (χ1n) is 9.69. The van der Waals surface area contributed by atoms with Crippen molar-refractivity contribution < 1.29 is 9.59 Å². The van der Waals surface area contributed by atoms with Crippen LogP contribution >= 0.6 is 0 Å². The predicted octanol–water partition coefficient (Wildman–Crippen LogP) is 2.54. The zero-order valence-electron chi connectivity index (χ0n) is 16.4. The number of piperidine rings is 1. The normalized spacial score (nSPS) is 23.3. The van der Waals surface area contributed by atoms with Crippen LogP contribution < -0.4 is 4.90 Å². The fraction of sp³-hybridized carbons (Fsp3) is 0.619. The molecule has 2 aliphatic rings. The average Bonchev–Trinajstić information content (AvgIpc) is 3.03. The van der Waals surface area contributed by atoms with Crippen LogP contribution in [0.15, 0.2) is 24.3 Å². The zero-order chi connectivity index (χ0) is 18.8. The molecule has 0 aliphatic carbocycles. The summed E-state index contributed by atoms with van der Waals surface area (Å²) < 4.78 is 0. The van der Waals surface area contributed by atoms with Gasteiger partial charge < -0.3 is 14.7 Å². The number of carbonyl (C=O) groups excluding carboxylic acids is 2. The number of nitrogens with zero attached hydrogens (tertiary/aromatic N) is 3. The van der Waals surface area contributed by atoms with Gasteiger partial charge >= 0.3 is 0 Å². The van der Waals surface area contributed by atoms with Crippen molar-refractivity contribution in [3.8, 4) is 0 Å². The van der Waals surface area contributed by atoms with E-state index >= 15 is 0 Å². The summed E-state index contributed by atoms with van der Waals surface area (Å²) in [5.74, 6) is 0.472. The monoisotopic (exact) mass is 357 g/mol. The van der Waals surface area contributed by atoms with Crippen LogP contribution in [0.2, 0.25) is 0 Å². The molecule has 5 heteroatoms. The number of aryl methyl sites for hydroxylation is 1. The van der Waals surface area contributed by atoms with Crippen LogP contribution in [-0.2, 0) is 9.59 Å². The van der Waals surface area contributed by atoms with Gasteiger partial charge in [0.2, 0.25) is 11.8 Å². The molecule has 2 heterocycles. The van der Waals surface area contributed by atoms with Gasteiger partial charge in [-0.25, -0.2) is 0 Å². The highest BCUT2D eigenvalue weighted by atomic mass is 16.2. The third kappa shape index (κ3) is 3.93. The maximum absolute atomic E-state index is 13.0. The fourth-order valence-corrected chi connectivity index (χ4v) is 4.16. The van der Waals surface area contributed by atoms with Gasteiger partial charge in [0.25, 0.3) is 0 Å². The molecule has 0 N–H and O–H groups in total. The zero-order valence-corrected chi connectivity index (χ0v) is 16.4. The summed E-state index contributed by atoms with van der Waals surface area (Å²) in [5.41, 5.74) is 2.06. The van der Waals surface area contributed by atoms with Gasteiger partial charge in [-0.3, -0.25) is 9.59 Å². The highest BCUT2D eigenvalue weighted by Gasteiger charge is 2.38. The lowest BCUT2D eigenvalue weighted by Gasteiger charge is -2.37. The second-order valence-corrected chi connectivity index (χ2v) is 8.07. The van der Waals surface area contributed by atoms with E-state index in [9.17, 15) is 9.59 Å². The summed E-state index contributed by atoms with van der Waals surface area (Å²) in [4.78, 5) is 31.5. The number of hydrogen-bond donors (Lipinski definition) is 0. The molecule has 0 spiro atoms. The highest BCUT2D eigenvalue weighted by molar-refractivity contribution is 6.00. The highest BCUT2D eigenvalue weighted by Crippen LogP contribution is 2.29. The molecular weight excluding hydrogens is 326 g/mol. The number of anilines is 1. The lowest BCUT2D eigenvalue weighted by molar-refractivity contribution is -0.137. The molecule has 1 aromatic rings. The first-order chi connectivity index (χ1) is 12.4. The van der Waals surface area contributed by atoms with Crippen molar-refractivity contribution in [1.29, 1.82) is 0 Å². The molecule has 2 atom stereocenters. The molecule has 2 fully saturated rings. The van der Waals surface area contributed by atoms with Crippen LogP contribution in [0.25, 0.3) is 0 Å². The van der Waals surface area contributed by atoms with Crippen molar-refractivity contribution in [2.75, 3.05) is 38.6 Å². The van der Waals surface area contributed by atoms with Gasteiger partial charge in [0.1, 0.15) is 0 Å². The Labute approximate surface area is 156 Å². The minimum absolute atomic E-state index is 0.0487. The minimum Gasteiger partial charge on any atom is -0.342 e. The lowest BCUT2D eigenvalue weighted by atomic mass is 9.89. The molecule has 142 valence electrons. The topological polar surface area (TPSA) is 43.9 Å². The van der Waals surface area contributed by atoms with Crippen LogP contribution in [0.3, 0.4) is 0 Å². The maximum Gasteiger partial charge on any atom is 0.228 e. The van der Waals surface area contributed by atoms with Crippen molar-refractivity contribution in [2.24, 2.45) is 11.8 Å². The molecular formula is C21H31N3O2. The summed E-state index contributed by atoms with van der Waals surface area (Å²) in [5, 5.41) is 0. The summed E-state index contributed by atoms with van der Waals surface area (Å²) in [6.45, 7) is 6.87. The molecule has 26 heavy (non-hydrogen) atoms. The second-order valence-electron chi connectivity index (χ2n) is 8.07. The van der Waals surface area contributed by atoms with Gasteiger partial charge in [0.05, 0.1) is 5.92 Å². The average molecular weight is 357 g/mol. The molecule has 0 radical (unpaired) electrons. The van der Waals surface area contributed by atoms with E-state index in [1.165, 1.54) is 5.56 Å².